The normalized spacial score (nSPS) is 17.1. The maximum Gasteiger partial charge on any atom is 0.225 e. The lowest BCUT2D eigenvalue weighted by atomic mass is 9.95. The highest BCUT2D eigenvalue weighted by molar-refractivity contribution is 7.09. The van der Waals surface area contributed by atoms with E-state index >= 15 is 0 Å². The van der Waals surface area contributed by atoms with Gasteiger partial charge in [-0.2, -0.15) is 4.57 Å². The first-order valence-corrected chi connectivity index (χ1v) is 6.80. The van der Waals surface area contributed by atoms with Crippen molar-refractivity contribution in [2.45, 2.75) is 51.5 Å². The fraction of sp³-hybridized carbons (Fsp3) is 0.750. The van der Waals surface area contributed by atoms with Crippen LogP contribution in [0.4, 0.5) is 0 Å². The highest BCUT2D eigenvalue weighted by Gasteiger charge is 2.26. The minimum atomic E-state index is 0. The van der Waals surface area contributed by atoms with Gasteiger partial charge in [0.1, 0.15) is 0 Å². The molecule has 1 aromatic heterocycles. The number of thiazole rings is 1. The molecule has 0 radical (unpaired) electrons. The lowest BCUT2D eigenvalue weighted by Crippen LogP contribution is -3.00. The molecule has 1 aliphatic rings. The summed E-state index contributed by atoms with van der Waals surface area (Å²) in [4.78, 5) is 1.35. The van der Waals surface area contributed by atoms with Crippen LogP contribution in [0.2, 0.25) is 0 Å². The molecule has 0 bridgehead atoms. The molecule has 1 heterocycles. The van der Waals surface area contributed by atoms with Crippen molar-refractivity contribution >= 4 is 11.3 Å². The lowest BCUT2D eigenvalue weighted by molar-refractivity contribution is -0.726. The zero-order valence-corrected chi connectivity index (χ0v) is 12.8. The number of aromatic nitrogens is 1. The van der Waals surface area contributed by atoms with Crippen LogP contribution in [-0.2, 0) is 6.42 Å². The molecule has 92 valence electrons. The van der Waals surface area contributed by atoms with E-state index in [4.69, 9.17) is 5.11 Å². The van der Waals surface area contributed by atoms with Gasteiger partial charge >= 0.3 is 0 Å². The molecule has 1 aliphatic carbocycles. The van der Waals surface area contributed by atoms with E-state index in [1.54, 1.807) is 11.3 Å². The van der Waals surface area contributed by atoms with Gasteiger partial charge in [-0.3, -0.25) is 0 Å². The van der Waals surface area contributed by atoms with Crippen LogP contribution in [0.25, 0.3) is 0 Å². The van der Waals surface area contributed by atoms with E-state index in [2.05, 4.69) is 17.0 Å². The van der Waals surface area contributed by atoms with E-state index in [0.29, 0.717) is 0 Å². The van der Waals surface area contributed by atoms with Crippen LogP contribution in [0.15, 0.2) is 5.51 Å². The summed E-state index contributed by atoms with van der Waals surface area (Å²) in [6, 6.07) is 0.724. The fourth-order valence-corrected chi connectivity index (χ4v) is 3.55. The average molecular weight is 353 g/mol. The Morgan fingerprint density at radius 3 is 2.69 bits per heavy atom. The molecular weight excluding hydrogens is 333 g/mol. The van der Waals surface area contributed by atoms with Gasteiger partial charge in [0.2, 0.25) is 5.51 Å². The summed E-state index contributed by atoms with van der Waals surface area (Å²) in [6.07, 6.45) is 7.64. The van der Waals surface area contributed by atoms with Crippen LogP contribution in [0.1, 0.15) is 48.7 Å². The molecule has 0 unspecified atom stereocenters. The van der Waals surface area contributed by atoms with E-state index < -0.39 is 0 Å². The van der Waals surface area contributed by atoms with Crippen LogP contribution in [0, 0.1) is 6.92 Å². The second kappa shape index (κ2) is 6.91. The van der Waals surface area contributed by atoms with Crippen molar-refractivity contribution in [2.24, 2.45) is 0 Å². The Balaban J connectivity index is 0.00000128. The monoisotopic (exact) mass is 353 g/mol. The van der Waals surface area contributed by atoms with Crippen molar-refractivity contribution in [3.05, 3.63) is 16.1 Å². The van der Waals surface area contributed by atoms with Crippen LogP contribution in [0.3, 0.4) is 0 Å². The topological polar surface area (TPSA) is 24.1 Å². The molecule has 0 amide bonds. The Morgan fingerprint density at radius 2 is 2.06 bits per heavy atom. The third-order valence-corrected chi connectivity index (χ3v) is 4.52. The number of nitrogens with zero attached hydrogens (tertiary/aromatic N) is 1. The average Bonchev–Trinajstić information content (AvgIpc) is 2.63. The predicted octanol–water partition coefficient (Wildman–Crippen LogP) is -0.612. The summed E-state index contributed by atoms with van der Waals surface area (Å²) in [5.41, 5.74) is 3.62. The van der Waals surface area contributed by atoms with Gasteiger partial charge in [-0.15, -0.1) is 0 Å². The maximum absolute atomic E-state index is 8.96. The standard InChI is InChI=1S/C12H20NOS.HI/c1-10-12(7-8-14)15-9-13(10)11-5-3-2-4-6-11;/h9,11,14H,2-8H2,1H3;1H/q+1;/p-1. The highest BCUT2D eigenvalue weighted by Crippen LogP contribution is 2.25. The SMILES string of the molecule is Cc1c(CCO)sc[n+]1C1CCCCC1.[I-]. The largest absolute Gasteiger partial charge is 1.00 e. The fourth-order valence-electron chi connectivity index (χ4n) is 2.49. The van der Waals surface area contributed by atoms with Gasteiger partial charge < -0.3 is 29.1 Å². The van der Waals surface area contributed by atoms with E-state index in [1.165, 1.54) is 42.7 Å². The molecule has 2 rings (SSSR count). The van der Waals surface area contributed by atoms with Crippen molar-refractivity contribution in [2.75, 3.05) is 6.61 Å². The smallest absolute Gasteiger partial charge is 0.225 e. The number of hydrogen-bond acceptors (Lipinski definition) is 2. The Morgan fingerprint density at radius 1 is 1.38 bits per heavy atom. The molecule has 0 atom stereocenters. The van der Waals surface area contributed by atoms with Crippen molar-refractivity contribution in [3.8, 4) is 0 Å². The molecule has 0 saturated heterocycles. The van der Waals surface area contributed by atoms with Crippen molar-refractivity contribution in [1.82, 2.24) is 0 Å². The molecular formula is C12H20INOS. The van der Waals surface area contributed by atoms with Crippen molar-refractivity contribution in [3.63, 3.8) is 0 Å². The summed E-state index contributed by atoms with van der Waals surface area (Å²) in [6.45, 7) is 2.46. The summed E-state index contributed by atoms with van der Waals surface area (Å²) in [5, 5.41) is 8.96. The second-order valence-electron chi connectivity index (χ2n) is 4.40. The zero-order valence-electron chi connectivity index (χ0n) is 9.79. The number of rotatable bonds is 3. The summed E-state index contributed by atoms with van der Waals surface area (Å²) >= 11 is 1.80. The summed E-state index contributed by atoms with van der Waals surface area (Å²) < 4.78 is 2.44. The van der Waals surface area contributed by atoms with Crippen molar-refractivity contribution in [1.29, 1.82) is 0 Å². The molecule has 4 heteroatoms. The number of aliphatic hydroxyl groups is 1. The van der Waals surface area contributed by atoms with Crippen molar-refractivity contribution < 1.29 is 33.7 Å². The van der Waals surface area contributed by atoms with Gasteiger partial charge in [-0.25, -0.2) is 0 Å². The quantitative estimate of drug-likeness (QED) is 0.569. The first-order valence-electron chi connectivity index (χ1n) is 5.92. The number of hydrogen-bond donors (Lipinski definition) is 1. The van der Waals surface area contributed by atoms with Gasteiger partial charge in [-0.1, -0.05) is 17.8 Å². The molecule has 0 spiro atoms. The third kappa shape index (κ3) is 3.17. The van der Waals surface area contributed by atoms with Gasteiger partial charge in [0.05, 0.1) is 4.88 Å². The Labute approximate surface area is 119 Å². The van der Waals surface area contributed by atoms with Crippen LogP contribution < -0.4 is 28.5 Å². The highest BCUT2D eigenvalue weighted by atomic mass is 127. The first kappa shape index (κ1) is 14.4. The van der Waals surface area contributed by atoms with Crippen LogP contribution >= 0.6 is 11.3 Å². The summed E-state index contributed by atoms with van der Waals surface area (Å²) in [5.74, 6) is 0. The lowest BCUT2D eigenvalue weighted by Gasteiger charge is -2.16. The molecule has 1 fully saturated rings. The molecule has 0 aromatic carbocycles. The van der Waals surface area contributed by atoms with Gasteiger partial charge in [0.15, 0.2) is 11.7 Å². The Hall–Kier alpha value is 0.320. The molecule has 2 nitrogen and oxygen atoms in total. The van der Waals surface area contributed by atoms with Gasteiger partial charge in [-0.05, 0) is 12.8 Å². The minimum Gasteiger partial charge on any atom is -1.00 e. The van der Waals surface area contributed by atoms with Crippen LogP contribution in [0.5, 0.6) is 0 Å². The second-order valence-corrected chi connectivity index (χ2v) is 5.34. The first-order chi connectivity index (χ1) is 7.33. The van der Waals surface area contributed by atoms with Crippen LogP contribution in [-0.4, -0.2) is 11.7 Å². The summed E-state index contributed by atoms with van der Waals surface area (Å²) in [7, 11) is 0. The molecule has 0 aliphatic heterocycles. The maximum atomic E-state index is 8.96. The minimum absolute atomic E-state index is 0. The van der Waals surface area contributed by atoms with Gasteiger partial charge in [0.25, 0.3) is 0 Å². The Kier molecular flexibility index (Phi) is 6.21. The number of halogens is 1. The molecule has 1 N–H and O–H groups in total. The predicted molar refractivity (Wildman–Crippen MR) is 62.2 cm³/mol. The van der Waals surface area contributed by atoms with E-state index in [-0.39, 0.29) is 30.6 Å². The zero-order chi connectivity index (χ0) is 10.7. The third-order valence-electron chi connectivity index (χ3n) is 3.41. The van der Waals surface area contributed by atoms with E-state index in [0.717, 1.165) is 12.5 Å². The van der Waals surface area contributed by atoms with E-state index in [9.17, 15) is 0 Å². The Bertz CT molecular complexity index is 321. The molecule has 16 heavy (non-hydrogen) atoms. The van der Waals surface area contributed by atoms with Gasteiger partial charge in [0, 0.05) is 32.8 Å². The van der Waals surface area contributed by atoms with E-state index in [1.807, 2.05) is 0 Å². The molecule has 1 saturated carbocycles. The number of aliphatic hydroxyl groups excluding tert-OH is 1. The molecule has 1 aromatic rings.